The van der Waals surface area contributed by atoms with Gasteiger partial charge in [-0.15, -0.1) is 0 Å². The zero-order valence-electron chi connectivity index (χ0n) is 26.6. The average Bonchev–Trinajstić information content (AvgIpc) is 3.06. The first-order valence-corrected chi connectivity index (χ1v) is 15.5. The SMILES string of the molecule is COc1cc2c3c(c1OC)Oc1ccc(cc1)C[C@H]1c4c(cc(OC)c(OC)c4Oc4ccc(cc4)C[C@H]3NCC2)CCN1C. The Hall–Kier alpha value is -4.40. The molecule has 0 aliphatic carbocycles. The van der Waals surface area contributed by atoms with Crippen LogP contribution in [0.5, 0.6) is 46.0 Å². The van der Waals surface area contributed by atoms with Crippen molar-refractivity contribution in [3.8, 4) is 46.0 Å². The molecule has 0 amide bonds. The summed E-state index contributed by atoms with van der Waals surface area (Å²) in [6.45, 7) is 1.79. The second-order valence-corrected chi connectivity index (χ2v) is 11.9. The monoisotopic (exact) mass is 608 g/mol. The highest BCUT2D eigenvalue weighted by molar-refractivity contribution is 5.64. The molecule has 0 radical (unpaired) electrons. The lowest BCUT2D eigenvalue weighted by molar-refractivity contribution is 0.221. The van der Waals surface area contributed by atoms with Gasteiger partial charge in [0.2, 0.25) is 11.5 Å². The van der Waals surface area contributed by atoms with E-state index < -0.39 is 0 Å². The van der Waals surface area contributed by atoms with Crippen molar-refractivity contribution in [3.05, 3.63) is 94.0 Å². The molecule has 45 heavy (non-hydrogen) atoms. The fourth-order valence-corrected chi connectivity index (χ4v) is 7.09. The van der Waals surface area contributed by atoms with Crippen molar-refractivity contribution >= 4 is 0 Å². The third-order valence-electron chi connectivity index (χ3n) is 9.39. The maximum absolute atomic E-state index is 6.75. The third kappa shape index (κ3) is 5.32. The van der Waals surface area contributed by atoms with Gasteiger partial charge in [0.1, 0.15) is 11.5 Å². The maximum atomic E-state index is 6.75. The zero-order chi connectivity index (χ0) is 31.1. The summed E-state index contributed by atoms with van der Waals surface area (Å²) >= 11 is 0. The van der Waals surface area contributed by atoms with Crippen molar-refractivity contribution in [1.82, 2.24) is 10.2 Å². The Bertz CT molecular complexity index is 1700. The van der Waals surface area contributed by atoms with Gasteiger partial charge < -0.3 is 33.7 Å². The van der Waals surface area contributed by atoms with E-state index in [1.54, 1.807) is 28.4 Å². The standard InChI is InChI=1S/C37H40N2O6/c1-39-17-15-25-21-31(41-3)35(43-5)37-33(25)29(39)19-23-8-12-26(13-9-23)44-36-32-24(20-30(40-2)34(36)42-4)14-16-38-28(32)18-22-6-10-27(45-37)11-7-22/h6-13,20-21,28-29,38H,14-19H2,1-5H3/t28-,29+/m1/s1. The molecule has 0 spiro atoms. The summed E-state index contributed by atoms with van der Waals surface area (Å²) in [6, 6.07) is 21.0. The fourth-order valence-electron chi connectivity index (χ4n) is 7.09. The van der Waals surface area contributed by atoms with E-state index in [1.165, 1.54) is 22.3 Å². The molecule has 0 unspecified atom stereocenters. The van der Waals surface area contributed by atoms with Gasteiger partial charge in [-0.2, -0.15) is 0 Å². The first kappa shape index (κ1) is 29.3. The fraction of sp³-hybridized carbons (Fsp3) is 0.351. The molecule has 1 N–H and O–H groups in total. The number of benzene rings is 4. The summed E-state index contributed by atoms with van der Waals surface area (Å²) in [7, 11) is 8.87. The Morgan fingerprint density at radius 1 is 0.667 bits per heavy atom. The van der Waals surface area contributed by atoms with Crippen LogP contribution in [0.15, 0.2) is 60.7 Å². The number of hydrogen-bond acceptors (Lipinski definition) is 8. The van der Waals surface area contributed by atoms with E-state index in [-0.39, 0.29) is 12.1 Å². The van der Waals surface area contributed by atoms with E-state index in [2.05, 4.69) is 53.7 Å². The molecular formula is C37H40N2O6. The Balaban J connectivity index is 1.40. The highest BCUT2D eigenvalue weighted by Crippen LogP contribution is 2.51. The molecule has 10 rings (SSSR count). The van der Waals surface area contributed by atoms with Crippen LogP contribution in [-0.2, 0) is 25.7 Å². The Morgan fingerprint density at radius 2 is 1.20 bits per heavy atom. The summed E-state index contributed by atoms with van der Waals surface area (Å²) in [5.41, 5.74) is 7.02. The molecular weight excluding hydrogens is 568 g/mol. The lowest BCUT2D eigenvalue weighted by Crippen LogP contribution is -2.34. The average molecular weight is 609 g/mol. The topological polar surface area (TPSA) is 70.7 Å². The Labute approximate surface area is 264 Å². The predicted molar refractivity (Wildman–Crippen MR) is 173 cm³/mol. The van der Waals surface area contributed by atoms with Crippen LogP contribution in [0.25, 0.3) is 0 Å². The molecule has 0 aromatic heterocycles. The van der Waals surface area contributed by atoms with Gasteiger partial charge in [-0.25, -0.2) is 0 Å². The number of methoxy groups -OCH3 is 4. The maximum Gasteiger partial charge on any atom is 0.204 e. The van der Waals surface area contributed by atoms with E-state index >= 15 is 0 Å². The number of likely N-dealkylation sites (N-methyl/N-ethyl adjacent to an activating group) is 1. The Kier molecular flexibility index (Phi) is 7.94. The van der Waals surface area contributed by atoms with Gasteiger partial charge in [0, 0.05) is 29.8 Å². The molecule has 0 saturated carbocycles. The van der Waals surface area contributed by atoms with Crippen LogP contribution in [0.1, 0.15) is 45.5 Å². The van der Waals surface area contributed by atoms with Gasteiger partial charge in [0.25, 0.3) is 0 Å². The molecule has 6 aliphatic rings. The van der Waals surface area contributed by atoms with Crippen molar-refractivity contribution in [3.63, 3.8) is 0 Å². The highest BCUT2D eigenvalue weighted by atomic mass is 16.5. The van der Waals surface area contributed by atoms with Gasteiger partial charge in [0.15, 0.2) is 23.0 Å². The molecule has 0 saturated heterocycles. The van der Waals surface area contributed by atoms with Crippen LogP contribution in [0.3, 0.4) is 0 Å². The molecule has 8 heteroatoms. The van der Waals surface area contributed by atoms with Crippen molar-refractivity contribution < 1.29 is 28.4 Å². The van der Waals surface area contributed by atoms with E-state index in [1.807, 2.05) is 24.3 Å². The molecule has 234 valence electrons. The molecule has 6 aliphatic heterocycles. The predicted octanol–water partition coefficient (Wildman–Crippen LogP) is 6.82. The first-order chi connectivity index (χ1) is 22.0. The number of rotatable bonds is 4. The number of nitrogens with zero attached hydrogens (tertiary/aromatic N) is 1. The highest BCUT2D eigenvalue weighted by Gasteiger charge is 2.34. The molecule has 4 aromatic carbocycles. The summed E-state index contributed by atoms with van der Waals surface area (Å²) in [4.78, 5) is 2.40. The van der Waals surface area contributed by atoms with Crippen LogP contribution in [-0.4, -0.2) is 53.5 Å². The van der Waals surface area contributed by atoms with Crippen LogP contribution >= 0.6 is 0 Å². The smallest absolute Gasteiger partial charge is 0.204 e. The molecule has 4 bridgehead atoms. The molecule has 6 heterocycles. The van der Waals surface area contributed by atoms with Crippen molar-refractivity contribution in [2.24, 2.45) is 0 Å². The molecule has 2 atom stereocenters. The summed E-state index contributed by atoms with van der Waals surface area (Å²) < 4.78 is 36.9. The van der Waals surface area contributed by atoms with E-state index in [0.29, 0.717) is 34.5 Å². The van der Waals surface area contributed by atoms with Gasteiger partial charge in [0.05, 0.1) is 28.4 Å². The summed E-state index contributed by atoms with van der Waals surface area (Å²) in [5, 5.41) is 3.73. The minimum atomic E-state index is 0.0234. The lowest BCUT2D eigenvalue weighted by Gasteiger charge is -2.36. The van der Waals surface area contributed by atoms with Gasteiger partial charge in [-0.1, -0.05) is 24.3 Å². The van der Waals surface area contributed by atoms with Crippen LogP contribution in [0.2, 0.25) is 0 Å². The minimum Gasteiger partial charge on any atom is -0.493 e. The van der Waals surface area contributed by atoms with Crippen LogP contribution in [0.4, 0.5) is 0 Å². The number of ether oxygens (including phenoxy) is 6. The zero-order valence-corrected chi connectivity index (χ0v) is 26.6. The second-order valence-electron chi connectivity index (χ2n) is 11.9. The number of nitrogens with one attached hydrogen (secondary N) is 1. The van der Waals surface area contributed by atoms with E-state index in [0.717, 1.165) is 61.4 Å². The van der Waals surface area contributed by atoms with Crippen LogP contribution in [0, 0.1) is 0 Å². The third-order valence-corrected chi connectivity index (χ3v) is 9.39. The molecule has 0 fully saturated rings. The largest absolute Gasteiger partial charge is 0.493 e. The second kappa shape index (κ2) is 12.2. The first-order valence-electron chi connectivity index (χ1n) is 15.5. The van der Waals surface area contributed by atoms with E-state index in [4.69, 9.17) is 28.4 Å². The molecule has 8 nitrogen and oxygen atoms in total. The van der Waals surface area contributed by atoms with Crippen molar-refractivity contribution in [2.75, 3.05) is 48.6 Å². The van der Waals surface area contributed by atoms with Gasteiger partial charge in [-0.3, -0.25) is 4.90 Å². The Morgan fingerprint density at radius 3 is 1.76 bits per heavy atom. The van der Waals surface area contributed by atoms with Crippen molar-refractivity contribution in [1.29, 1.82) is 0 Å². The van der Waals surface area contributed by atoms with Gasteiger partial charge >= 0.3 is 0 Å². The quantitative estimate of drug-likeness (QED) is 0.271. The summed E-state index contributed by atoms with van der Waals surface area (Å²) in [6.07, 6.45) is 3.32. The van der Waals surface area contributed by atoms with Crippen LogP contribution < -0.4 is 33.7 Å². The van der Waals surface area contributed by atoms with Gasteiger partial charge in [-0.05, 0) is 97.9 Å². The minimum absolute atomic E-state index is 0.0234. The normalized spacial score (nSPS) is 18.9. The number of hydrogen-bond donors (Lipinski definition) is 1. The van der Waals surface area contributed by atoms with Crippen molar-refractivity contribution in [2.45, 2.75) is 37.8 Å². The summed E-state index contributed by atoms with van der Waals surface area (Å²) in [5.74, 6) is 5.47. The lowest BCUT2D eigenvalue weighted by atomic mass is 9.87. The molecule has 4 aromatic rings. The van der Waals surface area contributed by atoms with E-state index in [9.17, 15) is 0 Å².